The third-order valence-electron chi connectivity index (χ3n) is 3.45. The summed E-state index contributed by atoms with van der Waals surface area (Å²) in [5, 5.41) is 9.92. The molecule has 0 aliphatic heterocycles. The molecular formula is C10H21NO. The summed E-state index contributed by atoms with van der Waals surface area (Å²) in [7, 11) is 0. The molecule has 12 heavy (non-hydrogen) atoms. The quantitative estimate of drug-likeness (QED) is 0.649. The summed E-state index contributed by atoms with van der Waals surface area (Å²) in [6.45, 7) is 15.1. The highest BCUT2D eigenvalue weighted by Crippen LogP contribution is 2.42. The summed E-state index contributed by atoms with van der Waals surface area (Å²) in [6.07, 6.45) is 0. The Balaban J connectivity index is 4.97. The van der Waals surface area contributed by atoms with Gasteiger partial charge in [0, 0.05) is 5.41 Å². The minimum absolute atomic E-state index is 0.290. The zero-order valence-electron chi connectivity index (χ0n) is 9.10. The van der Waals surface area contributed by atoms with Crippen molar-refractivity contribution >= 4 is 6.72 Å². The third-order valence-corrected chi connectivity index (χ3v) is 3.45. The van der Waals surface area contributed by atoms with Crippen molar-refractivity contribution in [3.63, 3.8) is 0 Å². The molecule has 0 radical (unpaired) electrons. The summed E-state index contributed by atoms with van der Waals surface area (Å²) in [5.41, 5.74) is -1.36. The number of hydrogen-bond acceptors (Lipinski definition) is 2. The lowest BCUT2D eigenvalue weighted by molar-refractivity contribution is -0.0689. The lowest BCUT2D eigenvalue weighted by atomic mass is 9.65. The predicted octanol–water partition coefficient (Wildman–Crippen LogP) is 2.26. The molecule has 0 rings (SSSR count). The van der Waals surface area contributed by atoms with Crippen LogP contribution < -0.4 is 0 Å². The number of rotatable bonds is 3. The Morgan fingerprint density at radius 1 is 1.00 bits per heavy atom. The van der Waals surface area contributed by atoms with E-state index < -0.39 is 5.60 Å². The summed E-state index contributed by atoms with van der Waals surface area (Å²) in [4.78, 5) is 4.05. The second-order valence-electron chi connectivity index (χ2n) is 4.90. The monoisotopic (exact) mass is 171 g/mol. The van der Waals surface area contributed by atoms with Crippen LogP contribution in [0.3, 0.4) is 0 Å². The Morgan fingerprint density at radius 3 is 1.42 bits per heavy atom. The highest BCUT2D eigenvalue weighted by atomic mass is 16.3. The van der Waals surface area contributed by atoms with Gasteiger partial charge in [0.2, 0.25) is 0 Å². The standard InChI is InChI=1S/C10H21NO/c1-8(2,10(5,6)12)9(3,4)11-7/h12H,7H2,1-6H3. The van der Waals surface area contributed by atoms with Gasteiger partial charge in [-0.2, -0.15) is 0 Å². The Kier molecular flexibility index (Phi) is 2.75. The number of nitrogens with zero attached hydrogens (tertiary/aromatic N) is 1. The molecule has 0 aliphatic carbocycles. The maximum atomic E-state index is 9.92. The molecular weight excluding hydrogens is 150 g/mol. The third kappa shape index (κ3) is 1.69. The van der Waals surface area contributed by atoms with E-state index in [2.05, 4.69) is 11.7 Å². The highest BCUT2D eigenvalue weighted by molar-refractivity contribution is 5.27. The van der Waals surface area contributed by atoms with Crippen LogP contribution in [0.25, 0.3) is 0 Å². The van der Waals surface area contributed by atoms with E-state index in [0.29, 0.717) is 0 Å². The molecule has 0 aromatic carbocycles. The first-order valence-electron chi connectivity index (χ1n) is 4.26. The van der Waals surface area contributed by atoms with Crippen LogP contribution in [-0.4, -0.2) is 23.0 Å². The van der Waals surface area contributed by atoms with Gasteiger partial charge in [0.05, 0.1) is 11.1 Å². The summed E-state index contributed by atoms with van der Waals surface area (Å²) < 4.78 is 0. The van der Waals surface area contributed by atoms with E-state index in [0.717, 1.165) is 0 Å². The molecule has 0 heterocycles. The van der Waals surface area contributed by atoms with Gasteiger partial charge in [0.25, 0.3) is 0 Å². The molecule has 0 bridgehead atoms. The summed E-state index contributed by atoms with van der Waals surface area (Å²) >= 11 is 0. The first-order valence-corrected chi connectivity index (χ1v) is 4.26. The van der Waals surface area contributed by atoms with E-state index in [1.54, 1.807) is 13.8 Å². The molecule has 0 fully saturated rings. The average molecular weight is 171 g/mol. The molecule has 0 amide bonds. The van der Waals surface area contributed by atoms with Crippen molar-refractivity contribution in [3.05, 3.63) is 0 Å². The summed E-state index contributed by atoms with van der Waals surface area (Å²) in [6, 6.07) is 0. The van der Waals surface area contributed by atoms with Gasteiger partial charge in [-0.1, -0.05) is 13.8 Å². The Morgan fingerprint density at radius 2 is 1.33 bits per heavy atom. The van der Waals surface area contributed by atoms with E-state index in [4.69, 9.17) is 0 Å². The van der Waals surface area contributed by atoms with Gasteiger partial charge in [-0.3, -0.25) is 4.99 Å². The maximum Gasteiger partial charge on any atom is 0.0665 e. The zero-order chi connectivity index (χ0) is 10.2. The number of hydrogen-bond donors (Lipinski definition) is 1. The fraction of sp³-hybridized carbons (Fsp3) is 0.900. The SMILES string of the molecule is C=NC(C)(C)C(C)(C)C(C)(C)O. The van der Waals surface area contributed by atoms with E-state index in [9.17, 15) is 5.11 Å². The van der Waals surface area contributed by atoms with Crippen LogP contribution in [0.4, 0.5) is 0 Å². The lowest BCUT2D eigenvalue weighted by Gasteiger charge is -2.46. The van der Waals surface area contributed by atoms with Crippen molar-refractivity contribution in [3.8, 4) is 0 Å². The number of aliphatic hydroxyl groups is 1. The molecule has 2 nitrogen and oxygen atoms in total. The fourth-order valence-electron chi connectivity index (χ4n) is 0.946. The Labute approximate surface area is 75.7 Å². The lowest BCUT2D eigenvalue weighted by Crippen LogP contribution is -2.52. The van der Waals surface area contributed by atoms with Crippen molar-refractivity contribution in [1.29, 1.82) is 0 Å². The first-order chi connectivity index (χ1) is 5.06. The number of aliphatic imine (C=N–C) groups is 1. The van der Waals surface area contributed by atoms with Gasteiger partial charge in [-0.05, 0) is 34.4 Å². The van der Waals surface area contributed by atoms with Crippen molar-refractivity contribution in [2.24, 2.45) is 10.4 Å². The Bertz CT molecular complexity index is 175. The smallest absolute Gasteiger partial charge is 0.0665 e. The van der Waals surface area contributed by atoms with E-state index >= 15 is 0 Å². The van der Waals surface area contributed by atoms with E-state index in [1.807, 2.05) is 27.7 Å². The fourth-order valence-corrected chi connectivity index (χ4v) is 0.946. The van der Waals surface area contributed by atoms with Crippen LogP contribution in [0.2, 0.25) is 0 Å². The maximum absolute atomic E-state index is 9.92. The molecule has 1 N–H and O–H groups in total. The predicted molar refractivity (Wildman–Crippen MR) is 53.7 cm³/mol. The summed E-state index contributed by atoms with van der Waals surface area (Å²) in [5.74, 6) is 0. The van der Waals surface area contributed by atoms with E-state index in [1.165, 1.54) is 0 Å². The van der Waals surface area contributed by atoms with Gasteiger partial charge in [-0.15, -0.1) is 0 Å². The van der Waals surface area contributed by atoms with Crippen molar-refractivity contribution < 1.29 is 5.11 Å². The molecule has 0 atom stereocenters. The molecule has 72 valence electrons. The second kappa shape index (κ2) is 2.84. The van der Waals surface area contributed by atoms with E-state index in [-0.39, 0.29) is 11.0 Å². The normalized spacial score (nSPS) is 14.6. The molecule has 0 saturated carbocycles. The molecule has 0 aromatic heterocycles. The van der Waals surface area contributed by atoms with Crippen LogP contribution in [0.15, 0.2) is 4.99 Å². The second-order valence-corrected chi connectivity index (χ2v) is 4.90. The van der Waals surface area contributed by atoms with Crippen LogP contribution >= 0.6 is 0 Å². The minimum atomic E-state index is -0.752. The molecule has 0 saturated heterocycles. The highest BCUT2D eigenvalue weighted by Gasteiger charge is 2.46. The molecule has 0 spiro atoms. The topological polar surface area (TPSA) is 32.6 Å². The largest absolute Gasteiger partial charge is 0.390 e. The van der Waals surface area contributed by atoms with Crippen LogP contribution in [0, 0.1) is 5.41 Å². The van der Waals surface area contributed by atoms with Crippen LogP contribution in [0.5, 0.6) is 0 Å². The molecule has 0 aromatic rings. The van der Waals surface area contributed by atoms with Crippen LogP contribution in [0.1, 0.15) is 41.5 Å². The average Bonchev–Trinajstić information content (AvgIpc) is 1.85. The van der Waals surface area contributed by atoms with Crippen molar-refractivity contribution in [1.82, 2.24) is 0 Å². The van der Waals surface area contributed by atoms with Crippen LogP contribution in [-0.2, 0) is 0 Å². The Hall–Kier alpha value is -0.370. The molecule has 2 heteroatoms. The van der Waals surface area contributed by atoms with Crippen molar-refractivity contribution in [2.45, 2.75) is 52.7 Å². The first kappa shape index (κ1) is 11.6. The molecule has 0 unspecified atom stereocenters. The minimum Gasteiger partial charge on any atom is -0.390 e. The van der Waals surface area contributed by atoms with Crippen molar-refractivity contribution in [2.75, 3.05) is 0 Å². The van der Waals surface area contributed by atoms with Gasteiger partial charge >= 0.3 is 0 Å². The molecule has 0 aliphatic rings. The van der Waals surface area contributed by atoms with Gasteiger partial charge in [-0.25, -0.2) is 0 Å². The van der Waals surface area contributed by atoms with Gasteiger partial charge in [0.1, 0.15) is 0 Å². The van der Waals surface area contributed by atoms with Gasteiger partial charge < -0.3 is 5.11 Å². The van der Waals surface area contributed by atoms with Gasteiger partial charge in [0.15, 0.2) is 0 Å². The zero-order valence-corrected chi connectivity index (χ0v) is 9.10.